The van der Waals surface area contributed by atoms with Crippen LogP contribution < -0.4 is 21.1 Å². The van der Waals surface area contributed by atoms with Gasteiger partial charge >= 0.3 is 0 Å². The maximum Gasteiger partial charge on any atom is 0.222 e. The zero-order valence-corrected chi connectivity index (χ0v) is 21.5. The number of ether oxygens (including phenoxy) is 2. The van der Waals surface area contributed by atoms with Gasteiger partial charge in [-0.1, -0.05) is 31.2 Å². The normalized spacial score (nSPS) is 16.5. The van der Waals surface area contributed by atoms with Gasteiger partial charge in [-0.15, -0.1) is 0 Å². The second-order valence-electron chi connectivity index (χ2n) is 9.58. The summed E-state index contributed by atoms with van der Waals surface area (Å²) in [5, 5.41) is 17.7. The molecule has 37 heavy (non-hydrogen) atoms. The largest absolute Gasteiger partial charge is 0.496 e. The van der Waals surface area contributed by atoms with Crippen molar-refractivity contribution in [2.75, 3.05) is 38.0 Å². The summed E-state index contributed by atoms with van der Waals surface area (Å²) >= 11 is 0. The summed E-state index contributed by atoms with van der Waals surface area (Å²) in [6.07, 6.45) is 2.51. The average Bonchev–Trinajstić information content (AvgIpc) is 3.54. The maximum atomic E-state index is 9.55. The van der Waals surface area contributed by atoms with Crippen molar-refractivity contribution in [2.45, 2.75) is 51.4 Å². The second-order valence-corrected chi connectivity index (χ2v) is 9.58. The third-order valence-electron chi connectivity index (χ3n) is 7.13. The molecule has 5 N–H and O–H groups in total. The van der Waals surface area contributed by atoms with Crippen LogP contribution in [0.4, 0.5) is 11.8 Å². The van der Waals surface area contributed by atoms with Crippen LogP contribution >= 0.6 is 0 Å². The van der Waals surface area contributed by atoms with Gasteiger partial charge in [0.05, 0.1) is 25.8 Å². The minimum Gasteiger partial charge on any atom is -0.496 e. The topological polar surface area (TPSA) is 119 Å². The molecule has 3 heterocycles. The van der Waals surface area contributed by atoms with Crippen molar-refractivity contribution < 1.29 is 14.6 Å². The van der Waals surface area contributed by atoms with E-state index in [0.29, 0.717) is 24.8 Å². The van der Waals surface area contributed by atoms with E-state index in [1.54, 1.807) is 7.11 Å². The fourth-order valence-corrected chi connectivity index (χ4v) is 5.13. The number of nitrogens with one attached hydrogen (secondary N) is 2. The predicted octanol–water partition coefficient (Wildman–Crippen LogP) is 3.68. The van der Waals surface area contributed by atoms with Crippen molar-refractivity contribution in [3.63, 3.8) is 0 Å². The highest BCUT2D eigenvalue weighted by Crippen LogP contribution is 2.34. The molecule has 0 spiro atoms. The van der Waals surface area contributed by atoms with Crippen molar-refractivity contribution in [1.82, 2.24) is 19.9 Å². The van der Waals surface area contributed by atoms with Crippen LogP contribution in [-0.2, 0) is 17.8 Å². The van der Waals surface area contributed by atoms with E-state index < -0.39 is 0 Å². The number of methoxy groups -OCH3 is 1. The second kappa shape index (κ2) is 11.3. The van der Waals surface area contributed by atoms with Gasteiger partial charge in [0.2, 0.25) is 5.95 Å². The zero-order chi connectivity index (χ0) is 25.8. The van der Waals surface area contributed by atoms with Crippen molar-refractivity contribution in [1.29, 1.82) is 0 Å². The Bertz CT molecular complexity index is 1370. The van der Waals surface area contributed by atoms with Gasteiger partial charge in [-0.25, -0.2) is 4.98 Å². The number of benzene rings is 2. The average molecular weight is 505 g/mol. The Hall–Kier alpha value is -3.40. The van der Waals surface area contributed by atoms with E-state index in [-0.39, 0.29) is 18.6 Å². The van der Waals surface area contributed by atoms with Gasteiger partial charge in [-0.2, -0.15) is 4.98 Å². The third kappa shape index (κ3) is 5.34. The zero-order valence-electron chi connectivity index (χ0n) is 21.5. The minimum absolute atomic E-state index is 0.0671. The molecular weight excluding hydrogens is 468 g/mol. The molecule has 2 aromatic carbocycles. The fourth-order valence-electron chi connectivity index (χ4n) is 5.13. The number of rotatable bonds is 11. The van der Waals surface area contributed by atoms with E-state index in [1.807, 2.05) is 18.2 Å². The van der Waals surface area contributed by atoms with E-state index in [4.69, 9.17) is 15.2 Å². The highest BCUT2D eigenvalue weighted by Gasteiger charge is 2.21. The minimum atomic E-state index is 0.0671. The SMILES string of the molecule is CCC(CCO)Nc1nc(N)nc2c3ccccc3n(Cc3cc(CNC4CCOC4)ccc3OC)c12. The number of para-hydroxylation sites is 1. The van der Waals surface area contributed by atoms with Gasteiger partial charge in [0, 0.05) is 42.8 Å². The summed E-state index contributed by atoms with van der Waals surface area (Å²) in [6.45, 7) is 5.12. The predicted molar refractivity (Wildman–Crippen MR) is 147 cm³/mol. The van der Waals surface area contributed by atoms with Gasteiger partial charge in [-0.3, -0.25) is 0 Å². The van der Waals surface area contributed by atoms with E-state index in [2.05, 4.69) is 56.4 Å². The highest BCUT2D eigenvalue weighted by molar-refractivity contribution is 6.09. The van der Waals surface area contributed by atoms with Crippen LogP contribution in [0.1, 0.15) is 37.3 Å². The van der Waals surface area contributed by atoms with Gasteiger partial charge in [0.25, 0.3) is 0 Å². The van der Waals surface area contributed by atoms with Gasteiger partial charge in [0.15, 0.2) is 5.82 Å². The molecule has 1 saturated heterocycles. The van der Waals surface area contributed by atoms with E-state index in [1.165, 1.54) is 5.56 Å². The maximum absolute atomic E-state index is 9.55. The molecule has 4 aromatic rings. The number of nitrogens with two attached hydrogens (primary N) is 1. The Morgan fingerprint density at radius 2 is 2.11 bits per heavy atom. The summed E-state index contributed by atoms with van der Waals surface area (Å²) in [7, 11) is 1.70. The lowest BCUT2D eigenvalue weighted by atomic mass is 10.1. The number of hydrogen-bond donors (Lipinski definition) is 4. The lowest BCUT2D eigenvalue weighted by Crippen LogP contribution is -2.28. The Labute approximate surface area is 217 Å². The molecule has 1 aliphatic rings. The molecular formula is C28H36N6O3. The fraction of sp³-hybridized carbons (Fsp3) is 0.429. The first-order chi connectivity index (χ1) is 18.1. The van der Waals surface area contributed by atoms with Crippen LogP contribution in [0, 0.1) is 0 Å². The number of aromatic nitrogens is 3. The number of nitrogen functional groups attached to an aromatic ring is 1. The number of fused-ring (bicyclic) bond motifs is 3. The van der Waals surface area contributed by atoms with Crippen LogP contribution in [0.3, 0.4) is 0 Å². The molecule has 2 atom stereocenters. The summed E-state index contributed by atoms with van der Waals surface area (Å²) < 4.78 is 13.5. The summed E-state index contributed by atoms with van der Waals surface area (Å²) in [5.41, 5.74) is 11.2. The molecule has 1 fully saturated rings. The molecule has 5 rings (SSSR count). The number of aliphatic hydroxyl groups excluding tert-OH is 1. The van der Waals surface area contributed by atoms with Crippen LogP contribution in [0.2, 0.25) is 0 Å². The molecule has 0 amide bonds. The smallest absolute Gasteiger partial charge is 0.222 e. The van der Waals surface area contributed by atoms with Crippen LogP contribution in [-0.4, -0.2) is 58.7 Å². The van der Waals surface area contributed by atoms with Gasteiger partial charge < -0.3 is 35.5 Å². The van der Waals surface area contributed by atoms with Crippen molar-refractivity contribution in [2.24, 2.45) is 0 Å². The van der Waals surface area contributed by atoms with Crippen molar-refractivity contribution in [3.8, 4) is 5.75 Å². The van der Waals surface area contributed by atoms with Crippen molar-refractivity contribution >= 4 is 33.7 Å². The number of aliphatic hydroxyl groups is 1. The molecule has 0 saturated carbocycles. The Morgan fingerprint density at radius 3 is 2.86 bits per heavy atom. The molecule has 0 aliphatic carbocycles. The molecule has 9 heteroatoms. The Balaban J connectivity index is 1.58. The van der Waals surface area contributed by atoms with Crippen molar-refractivity contribution in [3.05, 3.63) is 53.6 Å². The standard InChI is InChI=1S/C28H36N6O3/c1-3-20(10-12-35)31-27-26-25(32-28(29)33-27)22-6-4-5-7-23(22)34(26)16-19-14-18(8-9-24(19)36-2)15-30-21-11-13-37-17-21/h4-9,14,20-21,30,35H,3,10-13,15-17H2,1-2H3,(H3,29,31,32,33). The Kier molecular flexibility index (Phi) is 7.73. The lowest BCUT2D eigenvalue weighted by Gasteiger charge is -2.19. The van der Waals surface area contributed by atoms with Crippen LogP contribution in [0.15, 0.2) is 42.5 Å². The highest BCUT2D eigenvalue weighted by atomic mass is 16.5. The van der Waals surface area contributed by atoms with E-state index in [9.17, 15) is 5.11 Å². The first kappa shape index (κ1) is 25.3. The molecule has 2 unspecified atom stereocenters. The molecule has 2 aromatic heterocycles. The lowest BCUT2D eigenvalue weighted by molar-refractivity contribution is 0.190. The molecule has 196 valence electrons. The van der Waals surface area contributed by atoms with E-state index >= 15 is 0 Å². The van der Waals surface area contributed by atoms with E-state index in [0.717, 1.165) is 65.8 Å². The monoisotopic (exact) mass is 504 g/mol. The number of hydrogen-bond acceptors (Lipinski definition) is 8. The summed E-state index contributed by atoms with van der Waals surface area (Å²) in [4.78, 5) is 9.25. The first-order valence-electron chi connectivity index (χ1n) is 13.0. The molecule has 9 nitrogen and oxygen atoms in total. The molecule has 0 bridgehead atoms. The van der Waals surface area contributed by atoms with Gasteiger partial charge in [0.1, 0.15) is 16.8 Å². The molecule has 0 radical (unpaired) electrons. The number of anilines is 2. The van der Waals surface area contributed by atoms with Crippen LogP contribution in [0.5, 0.6) is 5.75 Å². The first-order valence-corrected chi connectivity index (χ1v) is 13.0. The molecule has 1 aliphatic heterocycles. The summed E-state index contributed by atoms with van der Waals surface area (Å²) in [6, 6.07) is 15.0. The number of nitrogens with zero attached hydrogens (tertiary/aromatic N) is 3. The Morgan fingerprint density at radius 1 is 1.24 bits per heavy atom. The summed E-state index contributed by atoms with van der Waals surface area (Å²) in [5.74, 6) is 1.73. The third-order valence-corrected chi connectivity index (χ3v) is 7.13. The quantitative estimate of drug-likeness (QED) is 0.244. The van der Waals surface area contributed by atoms with Crippen LogP contribution in [0.25, 0.3) is 21.9 Å². The van der Waals surface area contributed by atoms with Gasteiger partial charge in [-0.05, 0) is 43.0 Å².